The van der Waals surface area contributed by atoms with Crippen LogP contribution in [0.2, 0.25) is 0 Å². The average Bonchev–Trinajstić information content (AvgIpc) is 2.95. The number of halogens is 2. The molecule has 4 nitrogen and oxygen atoms in total. The molecule has 0 radical (unpaired) electrons. The van der Waals surface area contributed by atoms with Crippen molar-refractivity contribution in [3.63, 3.8) is 0 Å². The fourth-order valence-corrected chi connectivity index (χ4v) is 2.84. The summed E-state index contributed by atoms with van der Waals surface area (Å²) in [5.41, 5.74) is 0.866. The lowest BCUT2D eigenvalue weighted by atomic mass is 10.1. The zero-order chi connectivity index (χ0) is 14.5. The lowest BCUT2D eigenvalue weighted by Gasteiger charge is -2.19. The molecule has 1 aliphatic rings. The van der Waals surface area contributed by atoms with E-state index in [0.29, 0.717) is 6.54 Å². The van der Waals surface area contributed by atoms with Crippen molar-refractivity contribution >= 4 is 37.8 Å². The summed E-state index contributed by atoms with van der Waals surface area (Å²) in [5.74, 6) is -0.294. The molecule has 2 atom stereocenters. The van der Waals surface area contributed by atoms with Crippen molar-refractivity contribution in [1.82, 2.24) is 5.32 Å². The van der Waals surface area contributed by atoms with Gasteiger partial charge in [0.25, 0.3) is 0 Å². The monoisotopic (exact) mass is 405 g/mol. The number of carbonyl (C=O) groups is 1. The summed E-state index contributed by atoms with van der Waals surface area (Å²) in [6, 6.07) is 5.24. The lowest BCUT2D eigenvalue weighted by molar-refractivity contribution is -0.143. The highest BCUT2D eigenvalue weighted by Crippen LogP contribution is 2.27. The van der Waals surface area contributed by atoms with Crippen LogP contribution in [0.15, 0.2) is 27.1 Å². The first kappa shape index (κ1) is 15.9. The maximum absolute atomic E-state index is 12.0. The largest absolute Gasteiger partial charge is 0.468 e. The predicted molar refractivity (Wildman–Crippen MR) is 83.6 cm³/mol. The van der Waals surface area contributed by atoms with Gasteiger partial charge in [-0.05, 0) is 62.4 Å². The summed E-state index contributed by atoms with van der Waals surface area (Å²) < 4.78 is 12.3. The third-order valence-corrected chi connectivity index (χ3v) is 5.17. The minimum absolute atomic E-state index is 0.182. The van der Waals surface area contributed by atoms with Gasteiger partial charge in [0.05, 0.1) is 13.2 Å². The van der Waals surface area contributed by atoms with Gasteiger partial charge in [0, 0.05) is 22.1 Å². The van der Waals surface area contributed by atoms with E-state index in [4.69, 9.17) is 9.47 Å². The fourth-order valence-electron chi connectivity index (χ4n) is 2.20. The third kappa shape index (κ3) is 4.04. The van der Waals surface area contributed by atoms with E-state index in [1.54, 1.807) is 0 Å². The van der Waals surface area contributed by atoms with E-state index in [0.717, 1.165) is 34.0 Å². The molecule has 20 heavy (non-hydrogen) atoms. The number of esters is 1. The Labute approximate surface area is 135 Å². The number of hydrogen-bond acceptors (Lipinski definition) is 4. The Kier molecular flexibility index (Phi) is 6.01. The van der Waals surface area contributed by atoms with E-state index in [1.165, 1.54) is 7.11 Å². The van der Waals surface area contributed by atoms with Gasteiger partial charge in [-0.2, -0.15) is 0 Å². The molecule has 0 aromatic heterocycles. The Bertz CT molecular complexity index is 475. The smallest absolute Gasteiger partial charge is 0.327 e. The number of hydrogen-bond donors (Lipinski definition) is 1. The first-order valence-corrected chi connectivity index (χ1v) is 8.08. The zero-order valence-corrected chi connectivity index (χ0v) is 14.4. The van der Waals surface area contributed by atoms with Crippen molar-refractivity contribution < 1.29 is 14.3 Å². The second kappa shape index (κ2) is 7.54. The highest BCUT2D eigenvalue weighted by atomic mass is 79.9. The van der Waals surface area contributed by atoms with Crippen molar-refractivity contribution in [3.05, 3.63) is 32.7 Å². The van der Waals surface area contributed by atoms with Crippen LogP contribution < -0.4 is 5.32 Å². The van der Waals surface area contributed by atoms with Crippen LogP contribution in [0.25, 0.3) is 0 Å². The maximum Gasteiger partial charge on any atom is 0.327 e. The summed E-state index contributed by atoms with van der Waals surface area (Å²) in [6.45, 7) is 1.45. The molecule has 110 valence electrons. The van der Waals surface area contributed by atoms with Crippen LogP contribution in [-0.2, 0) is 14.3 Å². The van der Waals surface area contributed by atoms with E-state index in [-0.39, 0.29) is 12.1 Å². The lowest BCUT2D eigenvalue weighted by Crippen LogP contribution is -2.35. The van der Waals surface area contributed by atoms with E-state index in [2.05, 4.69) is 37.2 Å². The van der Waals surface area contributed by atoms with Gasteiger partial charge in [-0.3, -0.25) is 5.32 Å². The van der Waals surface area contributed by atoms with Gasteiger partial charge in [0.15, 0.2) is 0 Å². The summed E-state index contributed by atoms with van der Waals surface area (Å²) in [6.07, 6.45) is 2.30. The van der Waals surface area contributed by atoms with Gasteiger partial charge in [-0.15, -0.1) is 0 Å². The van der Waals surface area contributed by atoms with Gasteiger partial charge in [-0.1, -0.05) is 6.07 Å². The molecule has 2 unspecified atom stereocenters. The molecule has 1 fully saturated rings. The Balaban J connectivity index is 2.09. The molecule has 1 aliphatic heterocycles. The van der Waals surface area contributed by atoms with Crippen molar-refractivity contribution in [1.29, 1.82) is 0 Å². The van der Waals surface area contributed by atoms with E-state index in [1.807, 2.05) is 18.2 Å². The first-order valence-electron chi connectivity index (χ1n) is 6.49. The van der Waals surface area contributed by atoms with Crippen molar-refractivity contribution in [3.8, 4) is 0 Å². The molecule has 1 N–H and O–H groups in total. The van der Waals surface area contributed by atoms with Crippen LogP contribution in [0.3, 0.4) is 0 Å². The fraction of sp³-hybridized carbons (Fsp3) is 0.500. The number of ether oxygens (including phenoxy) is 2. The van der Waals surface area contributed by atoms with Gasteiger partial charge in [0.2, 0.25) is 0 Å². The second-order valence-corrected chi connectivity index (χ2v) is 6.38. The van der Waals surface area contributed by atoms with Crippen molar-refractivity contribution in [2.24, 2.45) is 0 Å². The van der Waals surface area contributed by atoms with Crippen molar-refractivity contribution in [2.75, 3.05) is 20.3 Å². The molecule has 1 heterocycles. The number of nitrogens with one attached hydrogen (secondary N) is 1. The third-order valence-electron chi connectivity index (χ3n) is 3.29. The van der Waals surface area contributed by atoms with Gasteiger partial charge >= 0.3 is 5.97 Å². The van der Waals surface area contributed by atoms with E-state index >= 15 is 0 Å². The minimum atomic E-state index is -0.478. The molecule has 6 heteroatoms. The standard InChI is InChI=1S/C14H17Br2NO3/c1-19-14(18)13(17-8-10-3-2-6-20-10)9-4-5-11(15)12(16)7-9/h4-5,7,10,13,17H,2-3,6,8H2,1H3. The minimum Gasteiger partial charge on any atom is -0.468 e. The van der Waals surface area contributed by atoms with Crippen LogP contribution in [0.1, 0.15) is 24.4 Å². The molecular formula is C14H17Br2NO3. The highest BCUT2D eigenvalue weighted by molar-refractivity contribution is 9.13. The quantitative estimate of drug-likeness (QED) is 0.762. The van der Waals surface area contributed by atoms with E-state index in [9.17, 15) is 4.79 Å². The Morgan fingerprint density at radius 1 is 1.50 bits per heavy atom. The number of carbonyl (C=O) groups excluding carboxylic acids is 1. The van der Waals surface area contributed by atoms with Crippen LogP contribution >= 0.6 is 31.9 Å². The normalized spacial score (nSPS) is 19.9. The Morgan fingerprint density at radius 3 is 2.90 bits per heavy atom. The SMILES string of the molecule is COC(=O)C(NCC1CCCO1)c1ccc(Br)c(Br)c1. The molecular weight excluding hydrogens is 390 g/mol. The first-order chi connectivity index (χ1) is 9.61. The molecule has 0 spiro atoms. The summed E-state index contributed by atoms with van der Waals surface area (Å²) in [4.78, 5) is 12.0. The zero-order valence-electron chi connectivity index (χ0n) is 11.2. The average molecular weight is 407 g/mol. The number of benzene rings is 1. The molecule has 1 aromatic carbocycles. The van der Waals surface area contributed by atoms with Crippen molar-refractivity contribution in [2.45, 2.75) is 25.0 Å². The van der Waals surface area contributed by atoms with Crippen LogP contribution in [0.4, 0.5) is 0 Å². The molecule has 0 bridgehead atoms. The molecule has 2 rings (SSSR count). The molecule has 0 aliphatic carbocycles. The number of methoxy groups -OCH3 is 1. The molecule has 1 aromatic rings. The van der Waals surface area contributed by atoms with Gasteiger partial charge in [0.1, 0.15) is 6.04 Å². The van der Waals surface area contributed by atoms with E-state index < -0.39 is 6.04 Å². The molecule has 0 amide bonds. The summed E-state index contributed by atoms with van der Waals surface area (Å²) >= 11 is 6.87. The Morgan fingerprint density at radius 2 is 2.30 bits per heavy atom. The van der Waals surface area contributed by atoms with Crippen LogP contribution in [-0.4, -0.2) is 32.3 Å². The van der Waals surface area contributed by atoms with Crippen LogP contribution in [0.5, 0.6) is 0 Å². The summed E-state index contributed by atoms with van der Waals surface area (Å²) in [5, 5.41) is 3.24. The topological polar surface area (TPSA) is 47.6 Å². The van der Waals surface area contributed by atoms with Gasteiger partial charge in [-0.25, -0.2) is 4.79 Å². The van der Waals surface area contributed by atoms with Crippen LogP contribution in [0, 0.1) is 0 Å². The van der Waals surface area contributed by atoms with Gasteiger partial charge < -0.3 is 9.47 Å². The highest BCUT2D eigenvalue weighted by Gasteiger charge is 2.24. The summed E-state index contributed by atoms with van der Waals surface area (Å²) in [7, 11) is 1.40. The number of rotatable bonds is 5. The second-order valence-electron chi connectivity index (χ2n) is 4.67. The Hall–Kier alpha value is -0.430. The molecule has 0 saturated carbocycles. The maximum atomic E-state index is 12.0. The molecule has 1 saturated heterocycles. The predicted octanol–water partition coefficient (Wildman–Crippen LogP) is 3.19.